The van der Waals surface area contributed by atoms with Crippen LogP contribution in [-0.2, 0) is 13.6 Å². The number of hydrogen-bond acceptors (Lipinski definition) is 7. The molecule has 5 rings (SSSR count). The van der Waals surface area contributed by atoms with Gasteiger partial charge in [0.25, 0.3) is 0 Å². The van der Waals surface area contributed by atoms with E-state index in [0.717, 1.165) is 0 Å². The molecule has 11 heteroatoms. The Hall–Kier alpha value is -2.98. The van der Waals surface area contributed by atoms with Gasteiger partial charge in [-0.3, -0.25) is 9.59 Å². The summed E-state index contributed by atoms with van der Waals surface area (Å²) in [4.78, 5) is 36.3. The van der Waals surface area contributed by atoms with Crippen molar-refractivity contribution in [2.45, 2.75) is 45.5 Å². The lowest BCUT2D eigenvalue weighted by Gasteiger charge is -2.37. The van der Waals surface area contributed by atoms with Crippen molar-refractivity contribution in [3.05, 3.63) is 50.1 Å². The third-order valence-electron chi connectivity index (χ3n) is 7.39. The zero-order valence-electron chi connectivity index (χ0n) is 20.5. The van der Waals surface area contributed by atoms with Crippen molar-refractivity contribution in [3.8, 4) is 0 Å². The molecule has 0 amide bonds. The quantitative estimate of drug-likeness (QED) is 0.502. The molecule has 1 saturated heterocycles. The number of aryl methyl sites for hydroxylation is 1. The second-order valence-corrected chi connectivity index (χ2v) is 10.7. The van der Waals surface area contributed by atoms with E-state index < -0.39 is 17.3 Å². The molecular weight excluding hydrogens is 487 g/mol. The molecule has 1 aliphatic carbocycles. The van der Waals surface area contributed by atoms with Gasteiger partial charge >= 0.3 is 11.1 Å². The van der Waals surface area contributed by atoms with Crippen LogP contribution in [0.4, 0.5) is 21.8 Å². The van der Waals surface area contributed by atoms with Crippen LogP contribution in [-0.4, -0.2) is 49.6 Å². The number of benzene rings is 1. The summed E-state index contributed by atoms with van der Waals surface area (Å²) in [7, 11) is 1.58. The maximum absolute atomic E-state index is 14.3. The zero-order chi connectivity index (χ0) is 25.7. The minimum Gasteiger partial charge on any atom is -0.393 e. The van der Waals surface area contributed by atoms with Gasteiger partial charge in [-0.05, 0) is 37.0 Å². The fourth-order valence-corrected chi connectivity index (χ4v) is 5.44. The van der Waals surface area contributed by atoms with Crippen molar-refractivity contribution in [3.63, 3.8) is 0 Å². The van der Waals surface area contributed by atoms with Gasteiger partial charge < -0.3 is 24.5 Å². The number of rotatable bonds is 5. The summed E-state index contributed by atoms with van der Waals surface area (Å²) in [5, 5.41) is 13.2. The highest BCUT2D eigenvalue weighted by Gasteiger charge is 2.33. The summed E-state index contributed by atoms with van der Waals surface area (Å²) >= 11 is 6.40. The first kappa shape index (κ1) is 24.7. The number of hydrogen-bond donors (Lipinski definition) is 2. The van der Waals surface area contributed by atoms with Gasteiger partial charge in [-0.15, -0.1) is 0 Å². The highest BCUT2D eigenvalue weighted by atomic mass is 35.5. The van der Waals surface area contributed by atoms with Gasteiger partial charge in [0.15, 0.2) is 5.82 Å². The van der Waals surface area contributed by atoms with Crippen molar-refractivity contribution in [2.75, 3.05) is 23.3 Å². The number of aliphatic hydroxyl groups excluding tert-OH is 1. The van der Waals surface area contributed by atoms with Gasteiger partial charge in [-0.1, -0.05) is 25.4 Å². The molecule has 192 valence electrons. The number of aliphatic hydroxyl groups is 1. The lowest BCUT2D eigenvalue weighted by Crippen LogP contribution is -2.46. The SMILES string of the molecule is C[C@@H]1CN(c2ncc(Cl)c(Nc3ccc4c(c3)n(C[C@H]3C[C@H](O)C3)c(=O)c(=O)n4C)n2)C[C@H](C)C1F. The number of piperidine rings is 1. The highest BCUT2D eigenvalue weighted by molar-refractivity contribution is 6.32. The largest absolute Gasteiger partial charge is 0.393 e. The minimum atomic E-state index is -0.861. The molecule has 1 saturated carbocycles. The molecule has 3 aromatic rings. The van der Waals surface area contributed by atoms with Gasteiger partial charge in [0.2, 0.25) is 5.95 Å². The number of fused-ring (bicyclic) bond motifs is 1. The van der Waals surface area contributed by atoms with Crippen LogP contribution in [0.2, 0.25) is 5.02 Å². The van der Waals surface area contributed by atoms with Crippen LogP contribution in [0.1, 0.15) is 26.7 Å². The van der Waals surface area contributed by atoms with Gasteiger partial charge in [0, 0.05) is 44.2 Å². The average Bonchev–Trinajstić information content (AvgIpc) is 2.83. The summed E-state index contributed by atoms with van der Waals surface area (Å²) in [6.07, 6.45) is 1.53. The van der Waals surface area contributed by atoms with E-state index in [-0.39, 0.29) is 23.9 Å². The maximum Gasteiger partial charge on any atom is 0.316 e. The van der Waals surface area contributed by atoms with Gasteiger partial charge in [-0.25, -0.2) is 9.37 Å². The molecule has 2 fully saturated rings. The predicted molar refractivity (Wildman–Crippen MR) is 138 cm³/mol. The minimum absolute atomic E-state index is 0.134. The molecule has 36 heavy (non-hydrogen) atoms. The Morgan fingerprint density at radius 3 is 2.50 bits per heavy atom. The summed E-state index contributed by atoms with van der Waals surface area (Å²) in [6.45, 7) is 5.16. The Morgan fingerprint density at radius 1 is 1.14 bits per heavy atom. The molecular formula is C25H30ClFN6O3. The highest BCUT2D eigenvalue weighted by Crippen LogP contribution is 2.32. The van der Waals surface area contributed by atoms with Crippen molar-refractivity contribution in [2.24, 2.45) is 24.8 Å². The topological polar surface area (TPSA) is 105 Å². The summed E-state index contributed by atoms with van der Waals surface area (Å²) in [5.41, 5.74) is 0.680. The first-order chi connectivity index (χ1) is 17.1. The van der Waals surface area contributed by atoms with Crippen LogP contribution in [0, 0.1) is 17.8 Å². The molecule has 3 heterocycles. The van der Waals surface area contributed by atoms with Crippen LogP contribution in [0.3, 0.4) is 0 Å². The number of halogens is 2. The summed E-state index contributed by atoms with van der Waals surface area (Å²) in [5.74, 6) is 0.734. The number of aromatic nitrogens is 4. The molecule has 1 aromatic carbocycles. The fourth-order valence-electron chi connectivity index (χ4n) is 5.30. The molecule has 9 nitrogen and oxygen atoms in total. The van der Waals surface area contributed by atoms with Gasteiger partial charge in [0.05, 0.1) is 23.3 Å². The molecule has 0 spiro atoms. The Kier molecular flexibility index (Phi) is 6.50. The number of alkyl halides is 1. The van der Waals surface area contributed by atoms with E-state index in [1.54, 1.807) is 25.2 Å². The number of nitrogens with one attached hydrogen (secondary N) is 1. The van der Waals surface area contributed by atoms with Gasteiger partial charge in [0.1, 0.15) is 11.2 Å². The molecule has 2 aliphatic rings. The molecule has 0 bridgehead atoms. The van der Waals surface area contributed by atoms with E-state index in [9.17, 15) is 19.1 Å². The van der Waals surface area contributed by atoms with Crippen molar-refractivity contribution in [1.82, 2.24) is 19.1 Å². The van der Waals surface area contributed by atoms with E-state index in [4.69, 9.17) is 11.6 Å². The first-order valence-electron chi connectivity index (χ1n) is 12.2. The smallest absolute Gasteiger partial charge is 0.316 e. The molecule has 2 aromatic heterocycles. The number of nitrogens with zero attached hydrogens (tertiary/aromatic N) is 5. The Labute approximate surface area is 212 Å². The monoisotopic (exact) mass is 516 g/mol. The van der Waals surface area contributed by atoms with E-state index >= 15 is 0 Å². The second kappa shape index (κ2) is 9.48. The normalized spacial score (nSPS) is 26.2. The molecule has 1 aliphatic heterocycles. The van der Waals surface area contributed by atoms with Crippen LogP contribution in [0.25, 0.3) is 11.0 Å². The van der Waals surface area contributed by atoms with Crippen LogP contribution >= 0.6 is 11.6 Å². The maximum atomic E-state index is 14.3. The van der Waals surface area contributed by atoms with E-state index in [1.165, 1.54) is 15.3 Å². The first-order valence-corrected chi connectivity index (χ1v) is 12.6. The van der Waals surface area contributed by atoms with Crippen LogP contribution < -0.4 is 21.3 Å². The lowest BCUT2D eigenvalue weighted by molar-refractivity contribution is 0.0353. The second-order valence-electron chi connectivity index (χ2n) is 10.3. The molecule has 0 radical (unpaired) electrons. The van der Waals surface area contributed by atoms with Crippen LogP contribution in [0.15, 0.2) is 34.0 Å². The molecule has 3 atom stereocenters. The Balaban J connectivity index is 1.48. The predicted octanol–water partition coefficient (Wildman–Crippen LogP) is 3.09. The standard InChI is InChI=1S/C25H30ClFN6O3/c1-13-10-32(11-14(2)21(13)27)25-28-9-18(26)22(30-25)29-16-4-5-19-20(8-16)33(12-15-6-17(34)7-15)24(36)23(35)31(19)3/h4-5,8-9,13-15,17,21,34H,6-7,10-12H2,1-3H3,(H,28,29,30)/t13-,14+,15-,17-,21?. The van der Waals surface area contributed by atoms with E-state index in [0.29, 0.717) is 66.0 Å². The van der Waals surface area contributed by atoms with E-state index in [2.05, 4.69) is 15.3 Å². The van der Waals surface area contributed by atoms with Gasteiger partial charge in [-0.2, -0.15) is 4.98 Å². The van der Waals surface area contributed by atoms with Crippen molar-refractivity contribution >= 4 is 40.1 Å². The molecule has 2 N–H and O–H groups in total. The van der Waals surface area contributed by atoms with Crippen molar-refractivity contribution < 1.29 is 9.50 Å². The Bertz CT molecular complexity index is 1410. The summed E-state index contributed by atoms with van der Waals surface area (Å²) in [6, 6.07) is 5.36. The zero-order valence-corrected chi connectivity index (χ0v) is 21.2. The van der Waals surface area contributed by atoms with Crippen molar-refractivity contribution in [1.29, 1.82) is 0 Å². The Morgan fingerprint density at radius 2 is 1.83 bits per heavy atom. The third-order valence-corrected chi connectivity index (χ3v) is 7.67. The molecule has 1 unspecified atom stereocenters. The fraction of sp³-hybridized carbons (Fsp3) is 0.520. The van der Waals surface area contributed by atoms with E-state index in [1.807, 2.05) is 18.7 Å². The van der Waals surface area contributed by atoms with Crippen LogP contribution in [0.5, 0.6) is 0 Å². The third kappa shape index (κ3) is 4.48. The average molecular weight is 517 g/mol. The lowest BCUT2D eigenvalue weighted by atomic mass is 9.82. The number of anilines is 3. The summed E-state index contributed by atoms with van der Waals surface area (Å²) < 4.78 is 17.1.